The highest BCUT2D eigenvalue weighted by atomic mass is 16.5. The van der Waals surface area contributed by atoms with Gasteiger partial charge in [-0.05, 0) is 42.5 Å². The molecule has 0 N–H and O–H groups in total. The van der Waals surface area contributed by atoms with Crippen molar-refractivity contribution in [3.63, 3.8) is 0 Å². The minimum Gasteiger partial charge on any atom is -0.497 e. The summed E-state index contributed by atoms with van der Waals surface area (Å²) in [5.74, 6) is 1.30. The minimum atomic E-state index is -0.103. The van der Waals surface area contributed by atoms with Gasteiger partial charge in [0.1, 0.15) is 18.1 Å². The SMILES string of the molecule is C=CCOc1cccc(C(=O)N(C)c2ccc(OC)cc2)c1. The highest BCUT2D eigenvalue weighted by Crippen LogP contribution is 2.21. The fourth-order valence-electron chi connectivity index (χ4n) is 1.99. The summed E-state index contributed by atoms with van der Waals surface area (Å²) in [5.41, 5.74) is 1.36. The molecule has 0 aliphatic rings. The molecule has 4 nitrogen and oxygen atoms in total. The number of benzene rings is 2. The Labute approximate surface area is 130 Å². The zero-order valence-corrected chi connectivity index (χ0v) is 12.8. The second-order valence-electron chi connectivity index (χ2n) is 4.69. The van der Waals surface area contributed by atoms with Gasteiger partial charge in [-0.2, -0.15) is 0 Å². The molecule has 0 bridgehead atoms. The van der Waals surface area contributed by atoms with Gasteiger partial charge < -0.3 is 14.4 Å². The van der Waals surface area contributed by atoms with E-state index in [4.69, 9.17) is 9.47 Å². The predicted octanol–water partition coefficient (Wildman–Crippen LogP) is 3.54. The van der Waals surface area contributed by atoms with E-state index in [1.807, 2.05) is 30.3 Å². The molecule has 2 rings (SSSR count). The summed E-state index contributed by atoms with van der Waals surface area (Å²) in [6.45, 7) is 4.01. The number of ether oxygens (including phenoxy) is 2. The Kier molecular flexibility index (Phi) is 5.20. The van der Waals surface area contributed by atoms with Gasteiger partial charge in [-0.15, -0.1) is 0 Å². The van der Waals surface area contributed by atoms with Gasteiger partial charge in [0, 0.05) is 18.3 Å². The fraction of sp³-hybridized carbons (Fsp3) is 0.167. The maximum atomic E-state index is 12.5. The number of anilines is 1. The lowest BCUT2D eigenvalue weighted by Crippen LogP contribution is -2.26. The van der Waals surface area contributed by atoms with E-state index in [-0.39, 0.29) is 5.91 Å². The van der Waals surface area contributed by atoms with Crippen LogP contribution in [-0.4, -0.2) is 26.7 Å². The third-order valence-corrected chi connectivity index (χ3v) is 3.21. The monoisotopic (exact) mass is 297 g/mol. The van der Waals surface area contributed by atoms with Crippen LogP contribution in [0.5, 0.6) is 11.5 Å². The molecule has 0 atom stereocenters. The third-order valence-electron chi connectivity index (χ3n) is 3.21. The van der Waals surface area contributed by atoms with Crippen molar-refractivity contribution in [2.45, 2.75) is 0 Å². The average Bonchev–Trinajstić information content (AvgIpc) is 2.59. The third kappa shape index (κ3) is 3.67. The maximum absolute atomic E-state index is 12.5. The van der Waals surface area contributed by atoms with Crippen LogP contribution in [0.2, 0.25) is 0 Å². The van der Waals surface area contributed by atoms with Crippen LogP contribution in [0.15, 0.2) is 61.2 Å². The van der Waals surface area contributed by atoms with E-state index in [0.717, 1.165) is 11.4 Å². The molecule has 22 heavy (non-hydrogen) atoms. The normalized spacial score (nSPS) is 9.91. The van der Waals surface area contributed by atoms with Gasteiger partial charge >= 0.3 is 0 Å². The molecule has 0 aliphatic heterocycles. The molecule has 0 unspecified atom stereocenters. The summed E-state index contributed by atoms with van der Waals surface area (Å²) in [6.07, 6.45) is 1.66. The molecule has 0 saturated carbocycles. The van der Waals surface area contributed by atoms with E-state index in [2.05, 4.69) is 6.58 Å². The summed E-state index contributed by atoms with van der Waals surface area (Å²) in [5, 5.41) is 0. The van der Waals surface area contributed by atoms with Gasteiger partial charge in [0.2, 0.25) is 0 Å². The predicted molar refractivity (Wildman–Crippen MR) is 87.9 cm³/mol. The van der Waals surface area contributed by atoms with E-state index in [1.54, 1.807) is 43.3 Å². The van der Waals surface area contributed by atoms with Crippen molar-refractivity contribution in [1.82, 2.24) is 0 Å². The van der Waals surface area contributed by atoms with E-state index in [9.17, 15) is 4.79 Å². The van der Waals surface area contributed by atoms with Gasteiger partial charge in [-0.3, -0.25) is 4.79 Å². The second kappa shape index (κ2) is 7.31. The second-order valence-corrected chi connectivity index (χ2v) is 4.69. The quantitative estimate of drug-likeness (QED) is 0.766. The van der Waals surface area contributed by atoms with Crippen molar-refractivity contribution in [3.8, 4) is 11.5 Å². The molecule has 0 radical (unpaired) electrons. The molecular formula is C18H19NO3. The lowest BCUT2D eigenvalue weighted by molar-refractivity contribution is 0.0992. The van der Waals surface area contributed by atoms with Crippen LogP contribution < -0.4 is 14.4 Å². The molecule has 0 spiro atoms. The Balaban J connectivity index is 2.17. The van der Waals surface area contributed by atoms with Crippen molar-refractivity contribution in [1.29, 1.82) is 0 Å². The van der Waals surface area contributed by atoms with Crippen LogP contribution >= 0.6 is 0 Å². The Morgan fingerprint density at radius 3 is 2.55 bits per heavy atom. The summed E-state index contributed by atoms with van der Waals surface area (Å²) in [6, 6.07) is 14.4. The number of hydrogen-bond acceptors (Lipinski definition) is 3. The highest BCUT2D eigenvalue weighted by Gasteiger charge is 2.14. The van der Waals surface area contributed by atoms with Crippen LogP contribution in [0.25, 0.3) is 0 Å². The lowest BCUT2D eigenvalue weighted by atomic mass is 10.1. The van der Waals surface area contributed by atoms with Crippen LogP contribution in [0.1, 0.15) is 10.4 Å². The van der Waals surface area contributed by atoms with Crippen LogP contribution in [0.4, 0.5) is 5.69 Å². The number of rotatable bonds is 6. The first-order valence-corrected chi connectivity index (χ1v) is 6.91. The van der Waals surface area contributed by atoms with Gasteiger partial charge in [0.15, 0.2) is 0 Å². The Bertz CT molecular complexity index is 650. The van der Waals surface area contributed by atoms with Crippen molar-refractivity contribution >= 4 is 11.6 Å². The first-order valence-electron chi connectivity index (χ1n) is 6.91. The molecule has 0 aliphatic carbocycles. The number of nitrogens with zero attached hydrogens (tertiary/aromatic N) is 1. The molecule has 0 heterocycles. The van der Waals surface area contributed by atoms with Crippen molar-refractivity contribution in [2.24, 2.45) is 0 Å². The molecule has 114 valence electrons. The zero-order valence-electron chi connectivity index (χ0n) is 12.8. The first kappa shape index (κ1) is 15.6. The standard InChI is InChI=1S/C18H19NO3/c1-4-12-22-17-7-5-6-14(13-17)18(20)19(2)15-8-10-16(21-3)11-9-15/h4-11,13H,1,12H2,2-3H3. The van der Waals surface area contributed by atoms with Gasteiger partial charge in [-0.25, -0.2) is 0 Å². The number of carbonyl (C=O) groups excluding carboxylic acids is 1. The van der Waals surface area contributed by atoms with Crippen molar-refractivity contribution < 1.29 is 14.3 Å². The molecular weight excluding hydrogens is 278 g/mol. The van der Waals surface area contributed by atoms with E-state index in [1.165, 1.54) is 0 Å². The van der Waals surface area contributed by atoms with E-state index in [0.29, 0.717) is 17.9 Å². The zero-order chi connectivity index (χ0) is 15.9. The molecule has 2 aromatic carbocycles. The molecule has 2 aromatic rings. The summed E-state index contributed by atoms with van der Waals surface area (Å²) < 4.78 is 10.6. The lowest BCUT2D eigenvalue weighted by Gasteiger charge is -2.18. The Morgan fingerprint density at radius 1 is 1.18 bits per heavy atom. The van der Waals surface area contributed by atoms with Crippen molar-refractivity contribution in [3.05, 3.63) is 66.7 Å². The van der Waals surface area contributed by atoms with E-state index >= 15 is 0 Å². The molecule has 0 fully saturated rings. The summed E-state index contributed by atoms with van der Waals surface area (Å²) >= 11 is 0. The number of methoxy groups -OCH3 is 1. The Hall–Kier alpha value is -2.75. The summed E-state index contributed by atoms with van der Waals surface area (Å²) in [4.78, 5) is 14.1. The average molecular weight is 297 g/mol. The fourth-order valence-corrected chi connectivity index (χ4v) is 1.99. The molecule has 0 aromatic heterocycles. The molecule has 4 heteroatoms. The highest BCUT2D eigenvalue weighted by molar-refractivity contribution is 6.05. The minimum absolute atomic E-state index is 0.103. The summed E-state index contributed by atoms with van der Waals surface area (Å²) in [7, 11) is 3.35. The number of hydrogen-bond donors (Lipinski definition) is 0. The molecule has 1 amide bonds. The number of carbonyl (C=O) groups is 1. The van der Waals surface area contributed by atoms with Crippen LogP contribution in [0.3, 0.4) is 0 Å². The topological polar surface area (TPSA) is 38.8 Å². The van der Waals surface area contributed by atoms with Gasteiger partial charge in [0.25, 0.3) is 5.91 Å². The van der Waals surface area contributed by atoms with Crippen LogP contribution in [-0.2, 0) is 0 Å². The van der Waals surface area contributed by atoms with Gasteiger partial charge in [0.05, 0.1) is 7.11 Å². The smallest absolute Gasteiger partial charge is 0.258 e. The first-order chi connectivity index (χ1) is 10.7. The van der Waals surface area contributed by atoms with E-state index < -0.39 is 0 Å². The maximum Gasteiger partial charge on any atom is 0.258 e. The Morgan fingerprint density at radius 2 is 1.91 bits per heavy atom. The van der Waals surface area contributed by atoms with Gasteiger partial charge in [-0.1, -0.05) is 18.7 Å². The number of amides is 1. The van der Waals surface area contributed by atoms with Crippen molar-refractivity contribution in [2.75, 3.05) is 25.7 Å². The van der Waals surface area contributed by atoms with Crippen LogP contribution in [0, 0.1) is 0 Å². The largest absolute Gasteiger partial charge is 0.497 e. The molecule has 0 saturated heterocycles.